The van der Waals surface area contributed by atoms with Crippen LogP contribution in [0.3, 0.4) is 0 Å². The van der Waals surface area contributed by atoms with Crippen LogP contribution in [-0.2, 0) is 6.18 Å². The van der Waals surface area contributed by atoms with Crippen LogP contribution in [-0.4, -0.2) is 21.5 Å². The summed E-state index contributed by atoms with van der Waals surface area (Å²) in [5.41, 5.74) is -1.01. The number of hydrogen-bond acceptors (Lipinski definition) is 5. The van der Waals surface area contributed by atoms with Crippen molar-refractivity contribution in [3.05, 3.63) is 35.1 Å². The van der Waals surface area contributed by atoms with Crippen molar-refractivity contribution in [3.63, 3.8) is 0 Å². The molecule has 0 bridgehead atoms. The molecule has 9 heteroatoms. The number of nitrogens with zero attached hydrogens (tertiary/aromatic N) is 3. The van der Waals surface area contributed by atoms with Crippen molar-refractivity contribution in [1.29, 1.82) is 0 Å². The molecule has 112 valence electrons. The number of rotatable bonds is 4. The maximum absolute atomic E-state index is 12.8. The monoisotopic (exact) mass is 334 g/mol. The SMILES string of the molecule is CCNc1nc(Sc2ncccc2Cl)cc(C(F)(F)F)n1. The minimum atomic E-state index is -4.55. The van der Waals surface area contributed by atoms with Crippen molar-refractivity contribution in [2.45, 2.75) is 23.2 Å². The fourth-order valence-electron chi connectivity index (χ4n) is 1.41. The first kappa shape index (κ1) is 15.8. The quantitative estimate of drug-likeness (QED) is 0.852. The lowest BCUT2D eigenvalue weighted by Gasteiger charge is -2.10. The number of alkyl halides is 3. The van der Waals surface area contributed by atoms with Crippen LogP contribution >= 0.6 is 23.4 Å². The van der Waals surface area contributed by atoms with E-state index in [4.69, 9.17) is 11.6 Å². The molecule has 0 radical (unpaired) electrons. The molecule has 21 heavy (non-hydrogen) atoms. The second-order valence-electron chi connectivity index (χ2n) is 3.84. The summed E-state index contributed by atoms with van der Waals surface area (Å²) in [7, 11) is 0. The van der Waals surface area contributed by atoms with Crippen molar-refractivity contribution in [1.82, 2.24) is 15.0 Å². The first-order valence-electron chi connectivity index (χ1n) is 5.88. The summed E-state index contributed by atoms with van der Waals surface area (Å²) in [5, 5.41) is 3.52. The summed E-state index contributed by atoms with van der Waals surface area (Å²) < 4.78 is 38.5. The van der Waals surface area contributed by atoms with Gasteiger partial charge in [0.15, 0.2) is 5.69 Å². The highest BCUT2D eigenvalue weighted by atomic mass is 35.5. The summed E-state index contributed by atoms with van der Waals surface area (Å²) in [5.74, 6) is -0.0816. The third-order valence-electron chi connectivity index (χ3n) is 2.25. The van der Waals surface area contributed by atoms with E-state index in [1.165, 1.54) is 6.20 Å². The van der Waals surface area contributed by atoms with E-state index in [-0.39, 0.29) is 11.0 Å². The van der Waals surface area contributed by atoms with Gasteiger partial charge < -0.3 is 5.32 Å². The normalized spacial score (nSPS) is 11.5. The zero-order chi connectivity index (χ0) is 15.5. The largest absolute Gasteiger partial charge is 0.433 e. The Bertz CT molecular complexity index is 636. The Morgan fingerprint density at radius 3 is 2.71 bits per heavy atom. The summed E-state index contributed by atoms with van der Waals surface area (Å²) in [6.07, 6.45) is -3.04. The number of nitrogens with one attached hydrogen (secondary N) is 1. The first-order chi connectivity index (χ1) is 9.90. The van der Waals surface area contributed by atoms with Crippen LogP contribution in [0.5, 0.6) is 0 Å². The van der Waals surface area contributed by atoms with E-state index >= 15 is 0 Å². The van der Waals surface area contributed by atoms with Gasteiger partial charge in [-0.1, -0.05) is 11.6 Å². The van der Waals surface area contributed by atoms with Crippen LogP contribution in [0.2, 0.25) is 5.02 Å². The standard InChI is InChI=1S/C12H10ClF3N4S/c1-2-17-11-19-8(12(14,15)16)6-9(20-11)21-10-7(13)4-3-5-18-10/h3-6H,2H2,1H3,(H,17,19,20). The Balaban J connectivity index is 2.38. The van der Waals surface area contributed by atoms with Crippen LogP contribution < -0.4 is 5.32 Å². The lowest BCUT2D eigenvalue weighted by atomic mass is 10.4. The highest BCUT2D eigenvalue weighted by Gasteiger charge is 2.33. The molecule has 2 rings (SSSR count). The molecule has 0 aromatic carbocycles. The van der Waals surface area contributed by atoms with Crippen LogP contribution in [0.15, 0.2) is 34.4 Å². The Morgan fingerprint density at radius 1 is 1.33 bits per heavy atom. The third-order valence-corrected chi connectivity index (χ3v) is 3.61. The highest BCUT2D eigenvalue weighted by molar-refractivity contribution is 7.99. The molecule has 4 nitrogen and oxygen atoms in total. The summed E-state index contributed by atoms with van der Waals surface area (Å²) in [4.78, 5) is 11.5. The molecule has 0 aliphatic heterocycles. The van der Waals surface area contributed by atoms with E-state index in [1.807, 2.05) is 0 Å². The number of hydrogen-bond donors (Lipinski definition) is 1. The molecule has 1 N–H and O–H groups in total. The van der Waals surface area contributed by atoms with E-state index in [1.54, 1.807) is 19.1 Å². The van der Waals surface area contributed by atoms with Crippen LogP contribution in [0.4, 0.5) is 19.1 Å². The van der Waals surface area contributed by atoms with Crippen molar-refractivity contribution >= 4 is 29.3 Å². The molecule has 0 fully saturated rings. The Hall–Kier alpha value is -1.54. The maximum Gasteiger partial charge on any atom is 0.433 e. The fraction of sp³-hybridized carbons (Fsp3) is 0.250. The van der Waals surface area contributed by atoms with Crippen LogP contribution in [0.1, 0.15) is 12.6 Å². The number of pyridine rings is 1. The van der Waals surface area contributed by atoms with Crippen molar-refractivity contribution < 1.29 is 13.2 Å². The topological polar surface area (TPSA) is 50.7 Å². The average Bonchev–Trinajstić information content (AvgIpc) is 2.41. The molecule has 0 atom stereocenters. The van der Waals surface area contributed by atoms with Crippen molar-refractivity contribution in [2.24, 2.45) is 0 Å². The van der Waals surface area contributed by atoms with Gasteiger partial charge in [0.05, 0.1) is 5.02 Å². The summed E-state index contributed by atoms with van der Waals surface area (Å²) in [6, 6.07) is 4.11. The molecule has 0 aliphatic carbocycles. The first-order valence-corrected chi connectivity index (χ1v) is 7.08. The molecule has 2 aromatic rings. The number of halogens is 4. The fourth-order valence-corrected chi connectivity index (χ4v) is 2.42. The maximum atomic E-state index is 12.8. The zero-order valence-electron chi connectivity index (χ0n) is 10.8. The van der Waals surface area contributed by atoms with Gasteiger partial charge in [-0.15, -0.1) is 0 Å². The van der Waals surface area contributed by atoms with E-state index in [2.05, 4.69) is 20.3 Å². The molecular weight excluding hydrogens is 325 g/mol. The van der Waals surface area contributed by atoms with Gasteiger partial charge in [-0.3, -0.25) is 0 Å². The average molecular weight is 335 g/mol. The summed E-state index contributed by atoms with van der Waals surface area (Å²) in [6.45, 7) is 2.15. The molecule has 2 aromatic heterocycles. The van der Waals surface area contributed by atoms with Gasteiger partial charge in [-0.05, 0) is 30.8 Å². The molecule has 0 saturated heterocycles. The van der Waals surface area contributed by atoms with Gasteiger partial charge >= 0.3 is 6.18 Å². The van der Waals surface area contributed by atoms with Crippen molar-refractivity contribution in [2.75, 3.05) is 11.9 Å². The molecule has 0 saturated carbocycles. The second-order valence-corrected chi connectivity index (χ2v) is 5.25. The smallest absolute Gasteiger partial charge is 0.354 e. The number of aromatic nitrogens is 3. The lowest BCUT2D eigenvalue weighted by Crippen LogP contribution is -2.12. The van der Waals surface area contributed by atoms with Gasteiger partial charge in [-0.25, -0.2) is 15.0 Å². The van der Waals surface area contributed by atoms with E-state index in [0.717, 1.165) is 17.8 Å². The molecule has 0 spiro atoms. The van der Waals surface area contributed by atoms with Gasteiger partial charge in [0.1, 0.15) is 10.1 Å². The highest BCUT2D eigenvalue weighted by Crippen LogP contribution is 2.34. The molecule has 0 unspecified atom stereocenters. The minimum absolute atomic E-state index is 0.0816. The van der Waals surface area contributed by atoms with E-state index in [9.17, 15) is 13.2 Å². The third kappa shape index (κ3) is 4.21. The van der Waals surface area contributed by atoms with E-state index in [0.29, 0.717) is 16.6 Å². The molecule has 0 amide bonds. The Morgan fingerprint density at radius 2 is 2.10 bits per heavy atom. The Kier molecular flexibility index (Phi) is 4.89. The van der Waals surface area contributed by atoms with E-state index < -0.39 is 11.9 Å². The lowest BCUT2D eigenvalue weighted by molar-refractivity contribution is -0.141. The Labute approximate surface area is 128 Å². The molecular formula is C12H10ClF3N4S. The van der Waals surface area contributed by atoms with Gasteiger partial charge in [0, 0.05) is 18.8 Å². The zero-order valence-corrected chi connectivity index (χ0v) is 12.4. The minimum Gasteiger partial charge on any atom is -0.354 e. The molecule has 2 heterocycles. The van der Waals surface area contributed by atoms with Crippen LogP contribution in [0, 0.1) is 0 Å². The van der Waals surface area contributed by atoms with Crippen molar-refractivity contribution in [3.8, 4) is 0 Å². The second kappa shape index (κ2) is 6.48. The molecule has 0 aliphatic rings. The predicted molar refractivity (Wildman–Crippen MR) is 74.6 cm³/mol. The number of anilines is 1. The summed E-state index contributed by atoms with van der Waals surface area (Å²) >= 11 is 6.89. The van der Waals surface area contributed by atoms with Gasteiger partial charge in [-0.2, -0.15) is 13.2 Å². The van der Waals surface area contributed by atoms with Gasteiger partial charge in [0.2, 0.25) is 5.95 Å². The van der Waals surface area contributed by atoms with Gasteiger partial charge in [0.25, 0.3) is 0 Å². The van der Waals surface area contributed by atoms with Crippen LogP contribution in [0.25, 0.3) is 0 Å². The predicted octanol–water partition coefficient (Wildman–Crippen LogP) is 4.13.